The fourth-order valence-corrected chi connectivity index (χ4v) is 4.86. The van der Waals surface area contributed by atoms with Crippen LogP contribution in [0.4, 0.5) is 24.5 Å². The van der Waals surface area contributed by atoms with Gasteiger partial charge in [0.1, 0.15) is 6.54 Å². The highest BCUT2D eigenvalue weighted by Crippen LogP contribution is 2.35. The van der Waals surface area contributed by atoms with Crippen molar-refractivity contribution < 1.29 is 45.4 Å². The number of carbonyl (C=O) groups excluding carboxylic acids is 2. The van der Waals surface area contributed by atoms with E-state index in [1.54, 1.807) is 0 Å². The van der Waals surface area contributed by atoms with Gasteiger partial charge in [0.05, 0.1) is 43.0 Å². The maximum atomic E-state index is 13.6. The number of anilines is 2. The number of nitrogens with one attached hydrogen (secondary N) is 1. The number of amides is 1. The van der Waals surface area contributed by atoms with E-state index in [9.17, 15) is 31.2 Å². The summed E-state index contributed by atoms with van der Waals surface area (Å²) in [7, 11) is -0.777. The summed E-state index contributed by atoms with van der Waals surface area (Å²) in [6, 6.07) is 12.9. The number of sulfonamides is 1. The largest absolute Gasteiger partial charge is 0.493 e. The molecule has 0 saturated carbocycles. The van der Waals surface area contributed by atoms with Gasteiger partial charge >= 0.3 is 12.1 Å². The Bertz CT molecular complexity index is 1440. The molecule has 0 radical (unpaired) electrons. The summed E-state index contributed by atoms with van der Waals surface area (Å²) >= 11 is 0. The summed E-state index contributed by atoms with van der Waals surface area (Å²) in [5.74, 6) is -1.27. The molecule has 0 aliphatic heterocycles. The number of nitrogens with zero attached hydrogens (tertiary/aromatic N) is 1. The molecule has 0 heterocycles. The van der Waals surface area contributed by atoms with Crippen LogP contribution in [0, 0.1) is 0 Å². The maximum absolute atomic E-state index is 13.6. The highest BCUT2D eigenvalue weighted by Gasteiger charge is 2.33. The minimum atomic E-state index is -4.76. The number of alkyl halides is 3. The number of rotatable bonds is 9. The van der Waals surface area contributed by atoms with Gasteiger partial charge in [-0.05, 0) is 48.5 Å². The van der Waals surface area contributed by atoms with Crippen LogP contribution in [-0.4, -0.2) is 48.2 Å². The van der Waals surface area contributed by atoms with Crippen LogP contribution >= 0.6 is 0 Å². The first-order valence-electron chi connectivity index (χ1n) is 10.8. The highest BCUT2D eigenvalue weighted by atomic mass is 32.2. The van der Waals surface area contributed by atoms with Crippen molar-refractivity contribution in [3.05, 3.63) is 77.9 Å². The molecule has 38 heavy (non-hydrogen) atoms. The van der Waals surface area contributed by atoms with Crippen LogP contribution in [0.25, 0.3) is 0 Å². The maximum Gasteiger partial charge on any atom is 0.416 e. The molecular formula is C25H23F3N2O7S. The van der Waals surface area contributed by atoms with Crippen LogP contribution in [0.3, 0.4) is 0 Å². The van der Waals surface area contributed by atoms with E-state index in [1.165, 1.54) is 57.7 Å². The zero-order valence-corrected chi connectivity index (χ0v) is 21.2. The number of esters is 1. The van der Waals surface area contributed by atoms with E-state index in [0.29, 0.717) is 10.4 Å². The molecule has 0 aliphatic rings. The number of methoxy groups -OCH3 is 3. The van der Waals surface area contributed by atoms with E-state index in [0.717, 1.165) is 24.3 Å². The topological polar surface area (TPSA) is 111 Å². The van der Waals surface area contributed by atoms with Gasteiger partial charge in [-0.2, -0.15) is 13.2 Å². The third-order valence-corrected chi connectivity index (χ3v) is 7.03. The first kappa shape index (κ1) is 28.3. The Labute approximate surface area is 216 Å². The molecule has 1 N–H and O–H groups in total. The molecule has 1 amide bonds. The van der Waals surface area contributed by atoms with Gasteiger partial charge < -0.3 is 19.5 Å². The second-order valence-corrected chi connectivity index (χ2v) is 9.56. The van der Waals surface area contributed by atoms with Crippen molar-refractivity contribution in [2.24, 2.45) is 0 Å². The molecule has 0 unspecified atom stereocenters. The molecule has 0 bridgehead atoms. The predicted octanol–water partition coefficient (Wildman–Crippen LogP) is 4.34. The van der Waals surface area contributed by atoms with Gasteiger partial charge in [-0.15, -0.1) is 0 Å². The van der Waals surface area contributed by atoms with Crippen LogP contribution in [0.15, 0.2) is 71.6 Å². The van der Waals surface area contributed by atoms with Gasteiger partial charge in [-0.3, -0.25) is 9.10 Å². The molecule has 0 fully saturated rings. The van der Waals surface area contributed by atoms with Crippen molar-refractivity contribution in [3.8, 4) is 11.5 Å². The SMILES string of the molecule is COC(=O)c1cccc(NC(=O)CN(c2cccc(C(F)(F)F)c2)S(=O)(=O)c2ccc(OC)c(OC)c2)c1. The number of hydrogen-bond donors (Lipinski definition) is 1. The highest BCUT2D eigenvalue weighted by molar-refractivity contribution is 7.92. The molecular weight excluding hydrogens is 529 g/mol. The summed E-state index contributed by atoms with van der Waals surface area (Å²) in [5.41, 5.74) is -1.23. The first-order chi connectivity index (χ1) is 17.9. The summed E-state index contributed by atoms with van der Waals surface area (Å²) in [6.45, 7) is -0.888. The van der Waals surface area contributed by atoms with Crippen LogP contribution in [0.1, 0.15) is 15.9 Å². The van der Waals surface area contributed by atoms with Gasteiger partial charge in [-0.25, -0.2) is 13.2 Å². The Hall–Kier alpha value is -4.26. The third kappa shape index (κ3) is 6.35. The van der Waals surface area contributed by atoms with Crippen molar-refractivity contribution in [1.29, 1.82) is 0 Å². The van der Waals surface area contributed by atoms with E-state index in [1.807, 2.05) is 0 Å². The molecule has 0 aromatic heterocycles. The summed E-state index contributed by atoms with van der Waals surface area (Å²) in [6.07, 6.45) is -4.76. The second kappa shape index (κ2) is 11.4. The van der Waals surface area contributed by atoms with Gasteiger partial charge in [0.2, 0.25) is 5.91 Å². The molecule has 0 saturated heterocycles. The predicted molar refractivity (Wildman–Crippen MR) is 132 cm³/mol. The molecule has 0 aliphatic carbocycles. The van der Waals surface area contributed by atoms with Crippen molar-refractivity contribution in [2.45, 2.75) is 11.1 Å². The van der Waals surface area contributed by atoms with E-state index >= 15 is 0 Å². The van der Waals surface area contributed by atoms with Gasteiger partial charge in [0.25, 0.3) is 10.0 Å². The minimum absolute atomic E-state index is 0.0571. The number of hydrogen-bond acceptors (Lipinski definition) is 7. The fourth-order valence-electron chi connectivity index (χ4n) is 3.43. The second-order valence-electron chi connectivity index (χ2n) is 7.70. The van der Waals surface area contributed by atoms with Crippen LogP contribution in [0.5, 0.6) is 11.5 Å². The lowest BCUT2D eigenvalue weighted by Crippen LogP contribution is -2.38. The molecule has 9 nitrogen and oxygen atoms in total. The van der Waals surface area contributed by atoms with Crippen molar-refractivity contribution in [1.82, 2.24) is 0 Å². The fraction of sp³-hybridized carbons (Fsp3) is 0.200. The Morgan fingerprint density at radius 2 is 1.58 bits per heavy atom. The minimum Gasteiger partial charge on any atom is -0.493 e. The van der Waals surface area contributed by atoms with E-state index in [2.05, 4.69) is 10.1 Å². The number of ether oxygens (including phenoxy) is 3. The average molecular weight is 553 g/mol. The van der Waals surface area contributed by atoms with E-state index in [4.69, 9.17) is 9.47 Å². The zero-order chi connectivity index (χ0) is 28.1. The Balaban J connectivity index is 2.04. The molecule has 3 rings (SSSR count). The average Bonchev–Trinajstić information content (AvgIpc) is 2.90. The van der Waals surface area contributed by atoms with Gasteiger partial charge in [-0.1, -0.05) is 12.1 Å². The molecule has 3 aromatic carbocycles. The van der Waals surface area contributed by atoms with Crippen LogP contribution in [-0.2, 0) is 25.7 Å². The van der Waals surface area contributed by atoms with Crippen molar-refractivity contribution >= 4 is 33.3 Å². The zero-order valence-electron chi connectivity index (χ0n) is 20.4. The molecule has 202 valence electrons. The Morgan fingerprint density at radius 1 is 0.895 bits per heavy atom. The monoisotopic (exact) mass is 552 g/mol. The third-order valence-electron chi connectivity index (χ3n) is 5.26. The molecule has 0 atom stereocenters. The van der Waals surface area contributed by atoms with E-state index < -0.39 is 45.9 Å². The summed E-state index contributed by atoms with van der Waals surface area (Å²) < 4.78 is 82.9. The van der Waals surface area contributed by atoms with Gasteiger partial charge in [0.15, 0.2) is 11.5 Å². The lowest BCUT2D eigenvalue weighted by Gasteiger charge is -2.25. The van der Waals surface area contributed by atoms with Crippen molar-refractivity contribution in [2.75, 3.05) is 37.5 Å². The summed E-state index contributed by atoms with van der Waals surface area (Å²) in [5, 5.41) is 2.45. The molecule has 0 spiro atoms. The Kier molecular flexibility index (Phi) is 8.51. The number of carbonyl (C=O) groups is 2. The molecule has 3 aromatic rings. The Morgan fingerprint density at radius 3 is 2.21 bits per heavy atom. The number of halogens is 3. The first-order valence-corrected chi connectivity index (χ1v) is 12.2. The lowest BCUT2D eigenvalue weighted by molar-refractivity contribution is -0.137. The quantitative estimate of drug-likeness (QED) is 0.393. The standard InChI is InChI=1S/C25H23F3N2O7S/c1-35-21-11-10-20(14-22(21)36-2)38(33,34)30(19-9-5-7-17(13-19)25(26,27)28)15-23(31)29-18-8-4-6-16(12-18)24(32)37-3/h4-14H,15H2,1-3H3,(H,29,31). The van der Waals surface area contributed by atoms with Gasteiger partial charge in [0, 0.05) is 11.8 Å². The smallest absolute Gasteiger partial charge is 0.416 e. The number of benzene rings is 3. The molecule has 13 heteroatoms. The lowest BCUT2D eigenvalue weighted by atomic mass is 10.2. The normalized spacial score (nSPS) is 11.4. The van der Waals surface area contributed by atoms with Crippen LogP contribution in [0.2, 0.25) is 0 Å². The summed E-state index contributed by atoms with van der Waals surface area (Å²) in [4.78, 5) is 24.4. The van der Waals surface area contributed by atoms with E-state index in [-0.39, 0.29) is 27.6 Å². The van der Waals surface area contributed by atoms with Crippen molar-refractivity contribution in [3.63, 3.8) is 0 Å². The van der Waals surface area contributed by atoms with Crippen LogP contribution < -0.4 is 19.1 Å².